The summed E-state index contributed by atoms with van der Waals surface area (Å²) in [5.74, 6) is -1.38. The molecule has 1 atom stereocenters. The topological polar surface area (TPSA) is 109 Å². The quantitative estimate of drug-likeness (QED) is 0.588. The molecular formula is C13H13FN2O5S. The molecule has 1 aromatic rings. The Balaban J connectivity index is 1.95. The SMILES string of the molecule is O=C1CCC(NC(=O)Cc2ccc(S(=O)(=O)F)cc2)C(=O)N1. The van der Waals surface area contributed by atoms with Gasteiger partial charge in [0.15, 0.2) is 0 Å². The van der Waals surface area contributed by atoms with E-state index < -0.39 is 33.0 Å². The van der Waals surface area contributed by atoms with Crippen LogP contribution in [-0.2, 0) is 31.0 Å². The molecule has 0 saturated carbocycles. The summed E-state index contributed by atoms with van der Waals surface area (Å²) in [5, 5.41) is 4.61. The van der Waals surface area contributed by atoms with Crippen LogP contribution in [0.2, 0.25) is 0 Å². The van der Waals surface area contributed by atoms with Crippen molar-refractivity contribution in [2.75, 3.05) is 0 Å². The van der Waals surface area contributed by atoms with Crippen molar-refractivity contribution >= 4 is 27.9 Å². The Morgan fingerprint density at radius 3 is 2.45 bits per heavy atom. The van der Waals surface area contributed by atoms with Gasteiger partial charge in [-0.25, -0.2) is 0 Å². The monoisotopic (exact) mass is 328 g/mol. The van der Waals surface area contributed by atoms with E-state index in [1.54, 1.807) is 0 Å². The molecular weight excluding hydrogens is 315 g/mol. The van der Waals surface area contributed by atoms with Crippen LogP contribution in [0.3, 0.4) is 0 Å². The maximum absolute atomic E-state index is 12.7. The second kappa shape index (κ2) is 6.22. The van der Waals surface area contributed by atoms with Gasteiger partial charge in [0.1, 0.15) is 6.04 Å². The number of nitrogens with one attached hydrogen (secondary N) is 2. The van der Waals surface area contributed by atoms with Gasteiger partial charge in [-0.3, -0.25) is 19.7 Å². The van der Waals surface area contributed by atoms with Crippen molar-refractivity contribution in [1.82, 2.24) is 10.6 Å². The number of halogens is 1. The molecule has 3 amide bonds. The lowest BCUT2D eigenvalue weighted by Gasteiger charge is -2.21. The third-order valence-electron chi connectivity index (χ3n) is 3.14. The summed E-state index contributed by atoms with van der Waals surface area (Å²) in [6, 6.07) is 3.98. The molecule has 0 aliphatic carbocycles. The van der Waals surface area contributed by atoms with Gasteiger partial charge < -0.3 is 5.32 Å². The smallest absolute Gasteiger partial charge is 0.332 e. The number of rotatable bonds is 4. The molecule has 1 aromatic carbocycles. The van der Waals surface area contributed by atoms with Crippen LogP contribution in [0.4, 0.5) is 3.89 Å². The Labute approximate surface area is 126 Å². The summed E-state index contributed by atoms with van der Waals surface area (Å²) >= 11 is 0. The summed E-state index contributed by atoms with van der Waals surface area (Å²) in [5.41, 5.74) is 0.470. The fourth-order valence-corrected chi connectivity index (χ4v) is 2.49. The van der Waals surface area contributed by atoms with Gasteiger partial charge in [0.25, 0.3) is 0 Å². The number of amides is 3. The van der Waals surface area contributed by atoms with E-state index in [0.717, 1.165) is 12.1 Å². The molecule has 2 N–H and O–H groups in total. The van der Waals surface area contributed by atoms with E-state index in [1.165, 1.54) is 12.1 Å². The number of imide groups is 1. The number of hydrogen-bond acceptors (Lipinski definition) is 5. The third-order valence-corrected chi connectivity index (χ3v) is 3.98. The van der Waals surface area contributed by atoms with Gasteiger partial charge in [-0.1, -0.05) is 12.1 Å². The van der Waals surface area contributed by atoms with E-state index in [2.05, 4.69) is 10.6 Å². The number of piperidine rings is 1. The Hall–Kier alpha value is -2.29. The molecule has 118 valence electrons. The highest BCUT2D eigenvalue weighted by molar-refractivity contribution is 7.86. The molecule has 22 heavy (non-hydrogen) atoms. The summed E-state index contributed by atoms with van der Waals surface area (Å²) in [6.45, 7) is 0. The lowest BCUT2D eigenvalue weighted by atomic mass is 10.1. The fourth-order valence-electron chi connectivity index (χ4n) is 2.03. The lowest BCUT2D eigenvalue weighted by Crippen LogP contribution is -2.52. The van der Waals surface area contributed by atoms with Crippen LogP contribution in [0.5, 0.6) is 0 Å². The van der Waals surface area contributed by atoms with Crippen molar-refractivity contribution in [3.05, 3.63) is 29.8 Å². The van der Waals surface area contributed by atoms with Crippen LogP contribution in [0.25, 0.3) is 0 Å². The molecule has 0 spiro atoms. The van der Waals surface area contributed by atoms with Crippen LogP contribution in [0, 0.1) is 0 Å². The molecule has 9 heteroatoms. The largest absolute Gasteiger partial charge is 0.344 e. The van der Waals surface area contributed by atoms with Crippen molar-refractivity contribution in [1.29, 1.82) is 0 Å². The maximum Gasteiger partial charge on any atom is 0.332 e. The maximum atomic E-state index is 12.7. The van der Waals surface area contributed by atoms with Crippen LogP contribution in [0.1, 0.15) is 18.4 Å². The molecule has 0 aromatic heterocycles. The Morgan fingerprint density at radius 2 is 1.91 bits per heavy atom. The fraction of sp³-hybridized carbons (Fsp3) is 0.308. The normalized spacial score (nSPS) is 18.7. The second-order valence-corrected chi connectivity index (χ2v) is 6.18. The number of carbonyl (C=O) groups is 3. The Kier molecular flexibility index (Phi) is 4.55. The molecule has 1 fully saturated rings. The second-order valence-electron chi connectivity index (χ2n) is 4.83. The number of benzene rings is 1. The van der Waals surface area contributed by atoms with Crippen molar-refractivity contribution in [3.8, 4) is 0 Å². The highest BCUT2D eigenvalue weighted by Gasteiger charge is 2.27. The Bertz CT molecular complexity index is 714. The van der Waals surface area contributed by atoms with Crippen molar-refractivity contribution in [3.63, 3.8) is 0 Å². The van der Waals surface area contributed by atoms with Crippen LogP contribution in [0.15, 0.2) is 29.2 Å². The van der Waals surface area contributed by atoms with E-state index in [9.17, 15) is 26.7 Å². The predicted octanol–water partition coefficient (Wildman–Crippen LogP) is -0.191. The highest BCUT2D eigenvalue weighted by Crippen LogP contribution is 2.13. The highest BCUT2D eigenvalue weighted by atomic mass is 32.3. The van der Waals surface area contributed by atoms with Gasteiger partial charge in [-0.2, -0.15) is 8.42 Å². The lowest BCUT2D eigenvalue weighted by molar-refractivity contribution is -0.137. The van der Waals surface area contributed by atoms with E-state index in [0.29, 0.717) is 5.56 Å². The number of carbonyl (C=O) groups excluding carboxylic acids is 3. The molecule has 1 heterocycles. The van der Waals surface area contributed by atoms with Gasteiger partial charge in [-0.15, -0.1) is 3.89 Å². The molecule has 2 rings (SSSR count). The van der Waals surface area contributed by atoms with E-state index >= 15 is 0 Å². The first-order valence-corrected chi connectivity index (χ1v) is 7.81. The van der Waals surface area contributed by atoms with Crippen LogP contribution < -0.4 is 10.6 Å². The average Bonchev–Trinajstić information content (AvgIpc) is 2.41. The van der Waals surface area contributed by atoms with Gasteiger partial charge in [0.05, 0.1) is 11.3 Å². The van der Waals surface area contributed by atoms with Crippen LogP contribution in [-0.4, -0.2) is 32.2 Å². The zero-order chi connectivity index (χ0) is 16.3. The molecule has 1 unspecified atom stereocenters. The van der Waals surface area contributed by atoms with Crippen molar-refractivity contribution in [2.45, 2.75) is 30.2 Å². The molecule has 1 saturated heterocycles. The van der Waals surface area contributed by atoms with Gasteiger partial charge in [0.2, 0.25) is 17.7 Å². The molecule has 1 aliphatic rings. The first kappa shape index (κ1) is 16.1. The van der Waals surface area contributed by atoms with E-state index in [4.69, 9.17) is 0 Å². The van der Waals surface area contributed by atoms with Crippen molar-refractivity contribution in [2.24, 2.45) is 0 Å². The van der Waals surface area contributed by atoms with Crippen LogP contribution >= 0.6 is 0 Å². The van der Waals surface area contributed by atoms with Gasteiger partial charge in [0, 0.05) is 6.42 Å². The molecule has 0 bridgehead atoms. The summed E-state index contributed by atoms with van der Waals surface area (Å²) in [7, 11) is -4.77. The van der Waals surface area contributed by atoms with Gasteiger partial charge >= 0.3 is 10.2 Å². The standard InChI is InChI=1S/C13H13FN2O5S/c14-22(20,21)9-3-1-8(2-4-9)7-12(18)15-10-5-6-11(17)16-13(10)19/h1-4,10H,5-7H2,(H,15,18)(H,16,17,19). The van der Waals surface area contributed by atoms with Crippen molar-refractivity contribution < 1.29 is 26.7 Å². The van der Waals surface area contributed by atoms with Gasteiger partial charge in [-0.05, 0) is 24.1 Å². The number of hydrogen-bond donors (Lipinski definition) is 2. The predicted molar refractivity (Wildman–Crippen MR) is 72.8 cm³/mol. The first-order chi connectivity index (χ1) is 10.3. The minimum atomic E-state index is -4.77. The van der Waals surface area contributed by atoms with E-state index in [1.807, 2.05) is 0 Å². The zero-order valence-corrected chi connectivity index (χ0v) is 12.2. The zero-order valence-electron chi connectivity index (χ0n) is 11.3. The minimum Gasteiger partial charge on any atom is -0.344 e. The third kappa shape index (κ3) is 4.10. The van der Waals surface area contributed by atoms with E-state index in [-0.39, 0.29) is 25.2 Å². The average molecular weight is 328 g/mol. The summed E-state index contributed by atoms with van der Waals surface area (Å²) in [4.78, 5) is 33.8. The molecule has 1 aliphatic heterocycles. The first-order valence-electron chi connectivity index (χ1n) is 6.42. The summed E-state index contributed by atoms with van der Waals surface area (Å²) in [6.07, 6.45) is 0.291. The summed E-state index contributed by atoms with van der Waals surface area (Å²) < 4.78 is 34.1. The molecule has 7 nitrogen and oxygen atoms in total. The molecule has 0 radical (unpaired) electrons. The minimum absolute atomic E-state index is 0.0929. The Morgan fingerprint density at radius 1 is 1.27 bits per heavy atom.